The van der Waals surface area contributed by atoms with E-state index in [4.69, 9.17) is 10.8 Å². The molecule has 0 aromatic heterocycles. The molecule has 3 nitrogen and oxygen atoms in total. The zero-order valence-electron chi connectivity index (χ0n) is 6.20. The first-order valence-corrected chi connectivity index (χ1v) is 3.34. The third-order valence-corrected chi connectivity index (χ3v) is 1.43. The molecule has 4 heteroatoms. The summed E-state index contributed by atoms with van der Waals surface area (Å²) in [7, 11) is 0. The van der Waals surface area contributed by atoms with Crippen molar-refractivity contribution in [3.05, 3.63) is 35.6 Å². The molecule has 1 rings (SSSR count). The van der Waals surface area contributed by atoms with Crippen LogP contribution in [0.1, 0.15) is 11.7 Å². The lowest BCUT2D eigenvalue weighted by Gasteiger charge is -2.05. The molecular weight excluding hydrogens is 161 g/mol. The maximum atomic E-state index is 12.5. The van der Waals surface area contributed by atoms with Crippen molar-refractivity contribution in [2.75, 3.05) is 0 Å². The molecule has 1 atom stereocenters. The van der Waals surface area contributed by atoms with Crippen LogP contribution in [0.2, 0.25) is 0 Å². The van der Waals surface area contributed by atoms with Gasteiger partial charge in [0.2, 0.25) is 0 Å². The van der Waals surface area contributed by atoms with Crippen molar-refractivity contribution in [3.63, 3.8) is 0 Å². The van der Waals surface area contributed by atoms with E-state index >= 15 is 0 Å². The lowest BCUT2D eigenvalue weighted by Crippen LogP contribution is -2.20. The number of halogens is 1. The Hall–Kier alpha value is -1.42. The van der Waals surface area contributed by atoms with Gasteiger partial charge in [0.15, 0.2) is 6.10 Å². The summed E-state index contributed by atoms with van der Waals surface area (Å²) in [6.45, 7) is 0. The fraction of sp³-hybridized carbons (Fsp3) is 0.125. The normalized spacial score (nSPS) is 12.5. The fourth-order valence-electron chi connectivity index (χ4n) is 0.841. The largest absolute Gasteiger partial charge is 0.378 e. The first kappa shape index (κ1) is 8.67. The molecule has 1 aromatic carbocycles. The molecule has 0 saturated heterocycles. The topological polar surface area (TPSA) is 63.3 Å². The molecule has 0 aliphatic carbocycles. The Morgan fingerprint density at radius 2 is 2.25 bits per heavy atom. The van der Waals surface area contributed by atoms with Gasteiger partial charge in [0.05, 0.1) is 0 Å². The second kappa shape index (κ2) is 3.32. The predicted octanol–water partition coefficient (Wildman–Crippen LogP) is 0.344. The summed E-state index contributed by atoms with van der Waals surface area (Å²) in [4.78, 5) is 10.5. The highest BCUT2D eigenvalue weighted by atomic mass is 19.1. The zero-order valence-corrected chi connectivity index (χ0v) is 6.20. The third kappa shape index (κ3) is 1.79. The van der Waals surface area contributed by atoms with E-state index in [0.29, 0.717) is 0 Å². The van der Waals surface area contributed by atoms with E-state index in [1.807, 2.05) is 0 Å². The first-order chi connectivity index (χ1) is 5.61. The van der Waals surface area contributed by atoms with Gasteiger partial charge in [-0.3, -0.25) is 4.79 Å². The summed E-state index contributed by atoms with van der Waals surface area (Å²) in [6, 6.07) is 5.11. The number of carbonyl (C=O) groups excluding carboxylic acids is 1. The summed E-state index contributed by atoms with van der Waals surface area (Å²) in [5.41, 5.74) is 4.98. The molecule has 12 heavy (non-hydrogen) atoms. The van der Waals surface area contributed by atoms with Crippen LogP contribution in [0.25, 0.3) is 0 Å². The van der Waals surface area contributed by atoms with Crippen molar-refractivity contribution >= 4 is 5.91 Å². The molecule has 1 unspecified atom stereocenters. The molecule has 0 spiro atoms. The smallest absolute Gasteiger partial charge is 0.250 e. The van der Waals surface area contributed by atoms with Crippen LogP contribution in [-0.2, 0) is 4.79 Å². The van der Waals surface area contributed by atoms with Crippen molar-refractivity contribution in [2.45, 2.75) is 6.10 Å². The van der Waals surface area contributed by atoms with Crippen molar-refractivity contribution < 1.29 is 14.3 Å². The van der Waals surface area contributed by atoms with E-state index in [0.717, 1.165) is 6.07 Å². The van der Waals surface area contributed by atoms with Crippen molar-refractivity contribution in [2.24, 2.45) is 5.73 Å². The number of nitrogens with two attached hydrogens (primary N) is 1. The quantitative estimate of drug-likeness (QED) is 0.670. The van der Waals surface area contributed by atoms with E-state index in [2.05, 4.69) is 0 Å². The molecule has 1 aromatic rings. The van der Waals surface area contributed by atoms with E-state index < -0.39 is 17.8 Å². The molecule has 0 heterocycles. The molecule has 0 fully saturated rings. The highest BCUT2D eigenvalue weighted by molar-refractivity contribution is 5.80. The SMILES string of the molecule is NC(=O)C(O)c1cccc(F)c1. The summed E-state index contributed by atoms with van der Waals surface area (Å²) in [5.74, 6) is -1.39. The highest BCUT2D eigenvalue weighted by Gasteiger charge is 2.13. The molecule has 64 valence electrons. The minimum absolute atomic E-state index is 0.169. The average Bonchev–Trinajstić information content (AvgIpc) is 2.03. The summed E-state index contributed by atoms with van der Waals surface area (Å²) in [6.07, 6.45) is -1.43. The lowest BCUT2D eigenvalue weighted by atomic mass is 10.1. The number of hydrogen-bond donors (Lipinski definition) is 2. The van der Waals surface area contributed by atoms with Crippen LogP contribution in [-0.4, -0.2) is 11.0 Å². The van der Waals surface area contributed by atoms with Gasteiger partial charge in [-0.25, -0.2) is 4.39 Å². The molecule has 0 aliphatic rings. The number of hydrogen-bond acceptors (Lipinski definition) is 2. The van der Waals surface area contributed by atoms with E-state index in [1.165, 1.54) is 18.2 Å². The second-order valence-electron chi connectivity index (χ2n) is 2.36. The maximum absolute atomic E-state index is 12.5. The number of amides is 1. The molecule has 3 N–H and O–H groups in total. The van der Waals surface area contributed by atoms with Gasteiger partial charge in [-0.1, -0.05) is 12.1 Å². The standard InChI is InChI=1S/C8H8FNO2/c9-6-3-1-2-5(4-6)7(11)8(10)12/h1-4,7,11H,(H2,10,12). The number of rotatable bonds is 2. The number of primary amides is 1. The second-order valence-corrected chi connectivity index (χ2v) is 2.36. The Morgan fingerprint density at radius 1 is 1.58 bits per heavy atom. The molecule has 0 aliphatic heterocycles. The van der Waals surface area contributed by atoms with Crippen LogP contribution in [0.4, 0.5) is 4.39 Å². The van der Waals surface area contributed by atoms with Crippen molar-refractivity contribution in [3.8, 4) is 0 Å². The molecule has 1 amide bonds. The Kier molecular flexibility index (Phi) is 2.40. The van der Waals surface area contributed by atoms with Crippen LogP contribution in [0.15, 0.2) is 24.3 Å². The number of aliphatic hydroxyl groups excluding tert-OH is 1. The summed E-state index contributed by atoms with van der Waals surface area (Å²) < 4.78 is 12.5. The van der Waals surface area contributed by atoms with Gasteiger partial charge in [0.25, 0.3) is 5.91 Å². The first-order valence-electron chi connectivity index (χ1n) is 3.34. The third-order valence-electron chi connectivity index (χ3n) is 1.43. The number of carbonyl (C=O) groups is 1. The van der Waals surface area contributed by atoms with Gasteiger partial charge >= 0.3 is 0 Å². The van der Waals surface area contributed by atoms with E-state index in [9.17, 15) is 9.18 Å². The van der Waals surface area contributed by atoms with Gasteiger partial charge in [0.1, 0.15) is 5.82 Å². The molecular formula is C8H8FNO2. The van der Waals surface area contributed by atoms with Crippen LogP contribution in [0, 0.1) is 5.82 Å². The number of benzene rings is 1. The predicted molar refractivity (Wildman–Crippen MR) is 40.6 cm³/mol. The minimum Gasteiger partial charge on any atom is -0.378 e. The zero-order chi connectivity index (χ0) is 9.14. The average molecular weight is 169 g/mol. The van der Waals surface area contributed by atoms with Crippen LogP contribution in [0.5, 0.6) is 0 Å². The van der Waals surface area contributed by atoms with E-state index in [-0.39, 0.29) is 5.56 Å². The Balaban J connectivity index is 2.95. The van der Waals surface area contributed by atoms with Crippen molar-refractivity contribution in [1.82, 2.24) is 0 Å². The van der Waals surface area contributed by atoms with Gasteiger partial charge in [-0.05, 0) is 17.7 Å². The van der Waals surface area contributed by atoms with Crippen LogP contribution >= 0.6 is 0 Å². The van der Waals surface area contributed by atoms with Gasteiger partial charge < -0.3 is 10.8 Å². The summed E-state index contributed by atoms with van der Waals surface area (Å²) >= 11 is 0. The Bertz CT molecular complexity index is 301. The minimum atomic E-state index is -1.43. The Labute approximate surface area is 68.6 Å². The maximum Gasteiger partial charge on any atom is 0.250 e. The molecule has 0 bridgehead atoms. The molecule has 0 saturated carbocycles. The van der Waals surface area contributed by atoms with E-state index in [1.54, 1.807) is 0 Å². The lowest BCUT2D eigenvalue weighted by molar-refractivity contribution is -0.126. The van der Waals surface area contributed by atoms with Gasteiger partial charge in [-0.2, -0.15) is 0 Å². The Morgan fingerprint density at radius 3 is 2.75 bits per heavy atom. The van der Waals surface area contributed by atoms with Crippen LogP contribution in [0.3, 0.4) is 0 Å². The fourth-order valence-corrected chi connectivity index (χ4v) is 0.841. The van der Waals surface area contributed by atoms with Gasteiger partial charge in [0, 0.05) is 0 Å². The van der Waals surface area contributed by atoms with Crippen molar-refractivity contribution in [1.29, 1.82) is 0 Å². The van der Waals surface area contributed by atoms with Crippen LogP contribution < -0.4 is 5.73 Å². The highest BCUT2D eigenvalue weighted by Crippen LogP contribution is 2.12. The monoisotopic (exact) mass is 169 g/mol. The molecule has 0 radical (unpaired) electrons. The summed E-state index contributed by atoms with van der Waals surface area (Å²) in [5, 5.41) is 9.08. The van der Waals surface area contributed by atoms with Gasteiger partial charge in [-0.15, -0.1) is 0 Å². The number of aliphatic hydroxyl groups is 1.